The summed E-state index contributed by atoms with van der Waals surface area (Å²) in [6.45, 7) is 2.39. The van der Waals surface area contributed by atoms with Crippen LogP contribution in [0.1, 0.15) is 25.7 Å². The van der Waals surface area contributed by atoms with E-state index in [0.717, 1.165) is 25.1 Å². The standard InChI is InChI=1S/C17H24N4O2.2ClH/c22-16(11-19-15-2-1-5-18-10-15)21-6-7-23-17(12-21)8-13-3-4-14(9-17)20-13;;/h1-2,5,10,13-14,19-20H,3-4,6-9,11-12H2;2*1H/t13-,14+,17?;;. The molecule has 3 fully saturated rings. The SMILES string of the molecule is Cl.Cl.O=C(CNc1cccnc1)N1CCOC2(C[C@H]3CC[C@@H](C2)N3)C1. The number of ether oxygens (including phenoxy) is 1. The highest BCUT2D eigenvalue weighted by Crippen LogP contribution is 2.38. The Kier molecular flexibility index (Phi) is 6.91. The van der Waals surface area contributed by atoms with Crippen LogP contribution >= 0.6 is 24.8 Å². The monoisotopic (exact) mass is 388 g/mol. The molecule has 0 aliphatic carbocycles. The van der Waals surface area contributed by atoms with Gasteiger partial charge in [0.1, 0.15) is 0 Å². The van der Waals surface area contributed by atoms with E-state index in [0.29, 0.717) is 31.8 Å². The lowest BCUT2D eigenvalue weighted by molar-refractivity contribution is -0.156. The van der Waals surface area contributed by atoms with Gasteiger partial charge in [-0.2, -0.15) is 0 Å². The summed E-state index contributed by atoms with van der Waals surface area (Å²) in [7, 11) is 0. The summed E-state index contributed by atoms with van der Waals surface area (Å²) < 4.78 is 6.17. The average molecular weight is 389 g/mol. The number of nitrogens with zero attached hydrogens (tertiary/aromatic N) is 2. The van der Waals surface area contributed by atoms with Crippen molar-refractivity contribution in [3.05, 3.63) is 24.5 Å². The van der Waals surface area contributed by atoms with Crippen molar-refractivity contribution < 1.29 is 9.53 Å². The Bertz CT molecular complexity index is 563. The zero-order valence-electron chi connectivity index (χ0n) is 14.1. The Morgan fingerprint density at radius 2 is 2.12 bits per heavy atom. The molecule has 4 heterocycles. The van der Waals surface area contributed by atoms with Crippen LogP contribution in [-0.4, -0.2) is 59.7 Å². The Balaban J connectivity index is 0.00000113. The van der Waals surface area contributed by atoms with Crippen molar-refractivity contribution >= 4 is 36.4 Å². The number of hydrogen-bond donors (Lipinski definition) is 2. The number of amides is 1. The van der Waals surface area contributed by atoms with Gasteiger partial charge in [0.15, 0.2) is 0 Å². The maximum Gasteiger partial charge on any atom is 0.242 e. The van der Waals surface area contributed by atoms with Gasteiger partial charge in [0, 0.05) is 37.6 Å². The summed E-state index contributed by atoms with van der Waals surface area (Å²) in [6.07, 6.45) is 8.01. The lowest BCUT2D eigenvalue weighted by atomic mass is 9.85. The molecule has 140 valence electrons. The van der Waals surface area contributed by atoms with Crippen LogP contribution in [0.2, 0.25) is 0 Å². The lowest BCUT2D eigenvalue weighted by Gasteiger charge is -2.47. The zero-order chi connectivity index (χ0) is 15.7. The van der Waals surface area contributed by atoms with E-state index in [9.17, 15) is 4.79 Å². The van der Waals surface area contributed by atoms with E-state index < -0.39 is 0 Å². The molecule has 3 saturated heterocycles. The third-order valence-electron chi connectivity index (χ3n) is 5.28. The fourth-order valence-electron chi connectivity index (χ4n) is 4.27. The molecular weight excluding hydrogens is 363 g/mol. The van der Waals surface area contributed by atoms with Crippen LogP contribution in [0, 0.1) is 0 Å². The van der Waals surface area contributed by atoms with Gasteiger partial charge in [-0.3, -0.25) is 9.78 Å². The van der Waals surface area contributed by atoms with Crippen LogP contribution in [0.4, 0.5) is 5.69 Å². The molecule has 3 aliphatic heterocycles. The fraction of sp³-hybridized carbons (Fsp3) is 0.647. The number of piperidine rings is 1. The maximum absolute atomic E-state index is 12.5. The summed E-state index contributed by atoms with van der Waals surface area (Å²) in [5.74, 6) is 0.141. The molecule has 3 aliphatic rings. The molecule has 1 unspecified atom stereocenters. The molecule has 0 aromatic carbocycles. The third-order valence-corrected chi connectivity index (χ3v) is 5.28. The first-order valence-corrected chi connectivity index (χ1v) is 8.54. The molecule has 6 nitrogen and oxygen atoms in total. The number of halogens is 2. The number of morpholine rings is 1. The number of carbonyl (C=O) groups excluding carboxylic acids is 1. The summed E-state index contributed by atoms with van der Waals surface area (Å²) in [5, 5.41) is 6.81. The largest absolute Gasteiger partial charge is 0.375 e. The van der Waals surface area contributed by atoms with Gasteiger partial charge in [-0.1, -0.05) is 0 Å². The smallest absolute Gasteiger partial charge is 0.242 e. The molecule has 4 rings (SSSR count). The lowest BCUT2D eigenvalue weighted by Crippen LogP contribution is -2.60. The van der Waals surface area contributed by atoms with E-state index in [-0.39, 0.29) is 36.3 Å². The van der Waals surface area contributed by atoms with Gasteiger partial charge in [0.25, 0.3) is 0 Å². The number of rotatable bonds is 3. The summed E-state index contributed by atoms with van der Waals surface area (Å²) in [4.78, 5) is 18.6. The molecule has 2 bridgehead atoms. The van der Waals surface area contributed by atoms with Crippen LogP contribution in [0.5, 0.6) is 0 Å². The quantitative estimate of drug-likeness (QED) is 0.826. The highest BCUT2D eigenvalue weighted by molar-refractivity contribution is 5.85. The summed E-state index contributed by atoms with van der Waals surface area (Å²) in [6, 6.07) is 4.92. The van der Waals surface area contributed by atoms with Crippen molar-refractivity contribution in [1.29, 1.82) is 0 Å². The molecule has 2 N–H and O–H groups in total. The van der Waals surface area contributed by atoms with Crippen molar-refractivity contribution in [2.75, 3.05) is 31.6 Å². The first kappa shape index (κ1) is 20.2. The second-order valence-corrected chi connectivity index (χ2v) is 6.99. The van der Waals surface area contributed by atoms with Crippen LogP contribution < -0.4 is 10.6 Å². The number of fused-ring (bicyclic) bond motifs is 2. The number of pyridine rings is 1. The minimum atomic E-state index is -0.126. The molecule has 1 spiro atoms. The van der Waals surface area contributed by atoms with Crippen molar-refractivity contribution in [3.8, 4) is 0 Å². The van der Waals surface area contributed by atoms with Crippen LogP contribution in [0.25, 0.3) is 0 Å². The Labute approximate surface area is 160 Å². The van der Waals surface area contributed by atoms with Gasteiger partial charge >= 0.3 is 0 Å². The van der Waals surface area contributed by atoms with Crippen molar-refractivity contribution in [1.82, 2.24) is 15.2 Å². The molecule has 1 amide bonds. The molecule has 0 radical (unpaired) electrons. The minimum absolute atomic E-state index is 0. The topological polar surface area (TPSA) is 66.5 Å². The van der Waals surface area contributed by atoms with E-state index in [1.54, 1.807) is 12.4 Å². The predicted molar refractivity (Wildman–Crippen MR) is 102 cm³/mol. The molecule has 1 aromatic rings. The van der Waals surface area contributed by atoms with E-state index in [1.807, 2.05) is 17.0 Å². The van der Waals surface area contributed by atoms with Gasteiger partial charge in [0.2, 0.25) is 5.91 Å². The van der Waals surface area contributed by atoms with Gasteiger partial charge in [-0.25, -0.2) is 0 Å². The van der Waals surface area contributed by atoms with Gasteiger partial charge in [0.05, 0.1) is 24.4 Å². The molecule has 8 heteroatoms. The Morgan fingerprint density at radius 1 is 1.36 bits per heavy atom. The number of aromatic nitrogens is 1. The average Bonchev–Trinajstić information content (AvgIpc) is 2.93. The number of carbonyl (C=O) groups is 1. The fourth-order valence-corrected chi connectivity index (χ4v) is 4.27. The summed E-state index contributed by atoms with van der Waals surface area (Å²) in [5.41, 5.74) is 0.753. The third kappa shape index (κ3) is 4.56. The molecule has 25 heavy (non-hydrogen) atoms. The van der Waals surface area contributed by atoms with E-state index in [2.05, 4.69) is 15.6 Å². The Morgan fingerprint density at radius 3 is 2.80 bits per heavy atom. The van der Waals surface area contributed by atoms with Crippen LogP contribution in [0.15, 0.2) is 24.5 Å². The van der Waals surface area contributed by atoms with Crippen molar-refractivity contribution in [2.45, 2.75) is 43.4 Å². The predicted octanol–water partition coefficient (Wildman–Crippen LogP) is 1.85. The number of hydrogen-bond acceptors (Lipinski definition) is 5. The van der Waals surface area contributed by atoms with Crippen molar-refractivity contribution in [2.24, 2.45) is 0 Å². The normalized spacial score (nSPS) is 30.3. The number of anilines is 1. The first-order valence-electron chi connectivity index (χ1n) is 8.54. The minimum Gasteiger partial charge on any atom is -0.375 e. The van der Waals surface area contributed by atoms with E-state index in [1.165, 1.54) is 12.8 Å². The second-order valence-electron chi connectivity index (χ2n) is 6.99. The van der Waals surface area contributed by atoms with Gasteiger partial charge in [-0.05, 0) is 37.8 Å². The van der Waals surface area contributed by atoms with Gasteiger partial charge in [-0.15, -0.1) is 24.8 Å². The van der Waals surface area contributed by atoms with Crippen LogP contribution in [-0.2, 0) is 9.53 Å². The highest BCUT2D eigenvalue weighted by Gasteiger charge is 2.47. The second kappa shape index (κ2) is 8.54. The van der Waals surface area contributed by atoms with Crippen molar-refractivity contribution in [3.63, 3.8) is 0 Å². The molecule has 3 atom stereocenters. The van der Waals surface area contributed by atoms with E-state index in [4.69, 9.17) is 4.74 Å². The highest BCUT2D eigenvalue weighted by atomic mass is 35.5. The number of nitrogens with one attached hydrogen (secondary N) is 2. The van der Waals surface area contributed by atoms with Gasteiger partial charge < -0.3 is 20.3 Å². The molecule has 0 saturated carbocycles. The summed E-state index contributed by atoms with van der Waals surface area (Å²) >= 11 is 0. The maximum atomic E-state index is 12.5. The Hall–Kier alpha value is -1.08. The molecular formula is C17H26Cl2N4O2. The zero-order valence-corrected chi connectivity index (χ0v) is 15.8. The molecule has 1 aromatic heterocycles. The van der Waals surface area contributed by atoms with E-state index >= 15 is 0 Å². The van der Waals surface area contributed by atoms with Crippen LogP contribution in [0.3, 0.4) is 0 Å². The first-order chi connectivity index (χ1) is 11.2.